The SMILES string of the molecule is N#CCc1ncncc1C(F)(F)F. The van der Waals surface area contributed by atoms with Gasteiger partial charge < -0.3 is 0 Å². The van der Waals surface area contributed by atoms with Crippen molar-refractivity contribution in [3.63, 3.8) is 0 Å². The number of alkyl halides is 3. The second-order valence-corrected chi connectivity index (χ2v) is 2.22. The molecule has 0 aliphatic heterocycles. The molecular formula is C7H4F3N3. The van der Waals surface area contributed by atoms with Gasteiger partial charge in [0.25, 0.3) is 0 Å². The van der Waals surface area contributed by atoms with Gasteiger partial charge in [-0.25, -0.2) is 9.97 Å². The van der Waals surface area contributed by atoms with Gasteiger partial charge in [0.2, 0.25) is 0 Å². The van der Waals surface area contributed by atoms with E-state index in [0.717, 1.165) is 6.33 Å². The van der Waals surface area contributed by atoms with Gasteiger partial charge in [-0.3, -0.25) is 0 Å². The van der Waals surface area contributed by atoms with E-state index in [9.17, 15) is 13.2 Å². The van der Waals surface area contributed by atoms with Crippen molar-refractivity contribution in [2.24, 2.45) is 0 Å². The van der Waals surface area contributed by atoms with Crippen molar-refractivity contribution in [2.45, 2.75) is 12.6 Å². The predicted octanol–water partition coefficient (Wildman–Crippen LogP) is 1.56. The Hall–Kier alpha value is -1.64. The van der Waals surface area contributed by atoms with Gasteiger partial charge in [-0.05, 0) is 0 Å². The zero-order valence-electron chi connectivity index (χ0n) is 6.34. The first-order valence-electron chi connectivity index (χ1n) is 3.28. The smallest absolute Gasteiger partial charge is 0.244 e. The van der Waals surface area contributed by atoms with Gasteiger partial charge in [0.1, 0.15) is 6.33 Å². The summed E-state index contributed by atoms with van der Waals surface area (Å²) in [6.07, 6.45) is -3.20. The van der Waals surface area contributed by atoms with E-state index < -0.39 is 11.7 Å². The zero-order valence-corrected chi connectivity index (χ0v) is 6.34. The molecule has 1 rings (SSSR count). The summed E-state index contributed by atoms with van der Waals surface area (Å²) in [5.41, 5.74) is -1.23. The second kappa shape index (κ2) is 3.39. The third-order valence-corrected chi connectivity index (χ3v) is 1.35. The van der Waals surface area contributed by atoms with Crippen LogP contribution in [0.3, 0.4) is 0 Å². The molecule has 1 aromatic heterocycles. The zero-order chi connectivity index (χ0) is 9.90. The number of nitriles is 1. The normalized spacial score (nSPS) is 10.9. The van der Waals surface area contributed by atoms with Crippen LogP contribution >= 0.6 is 0 Å². The Morgan fingerprint density at radius 1 is 1.46 bits per heavy atom. The van der Waals surface area contributed by atoms with Crippen LogP contribution in [0.2, 0.25) is 0 Å². The Morgan fingerprint density at radius 2 is 2.15 bits per heavy atom. The minimum atomic E-state index is -4.49. The Morgan fingerprint density at radius 3 is 2.69 bits per heavy atom. The van der Waals surface area contributed by atoms with E-state index in [4.69, 9.17) is 5.26 Å². The van der Waals surface area contributed by atoms with E-state index >= 15 is 0 Å². The van der Waals surface area contributed by atoms with Crippen molar-refractivity contribution in [2.75, 3.05) is 0 Å². The fourth-order valence-corrected chi connectivity index (χ4v) is 0.808. The van der Waals surface area contributed by atoms with Gasteiger partial charge >= 0.3 is 6.18 Å². The lowest BCUT2D eigenvalue weighted by atomic mass is 10.2. The van der Waals surface area contributed by atoms with Crippen molar-refractivity contribution < 1.29 is 13.2 Å². The largest absolute Gasteiger partial charge is 0.419 e. The maximum atomic E-state index is 12.2. The highest BCUT2D eigenvalue weighted by molar-refractivity contribution is 5.21. The van der Waals surface area contributed by atoms with Gasteiger partial charge in [-0.1, -0.05) is 0 Å². The number of halogens is 3. The molecule has 0 unspecified atom stereocenters. The first-order chi connectivity index (χ1) is 6.05. The number of rotatable bonds is 1. The fraction of sp³-hybridized carbons (Fsp3) is 0.286. The van der Waals surface area contributed by atoms with Crippen LogP contribution in [0.4, 0.5) is 13.2 Å². The lowest BCUT2D eigenvalue weighted by Gasteiger charge is -2.07. The number of nitrogens with zero attached hydrogens (tertiary/aromatic N) is 3. The highest BCUT2D eigenvalue weighted by Crippen LogP contribution is 2.30. The summed E-state index contributed by atoms with van der Waals surface area (Å²) in [5, 5.41) is 8.23. The summed E-state index contributed by atoms with van der Waals surface area (Å²) in [4.78, 5) is 6.63. The second-order valence-electron chi connectivity index (χ2n) is 2.22. The van der Waals surface area contributed by atoms with Gasteiger partial charge in [0.15, 0.2) is 0 Å². The maximum absolute atomic E-state index is 12.2. The van der Waals surface area contributed by atoms with Gasteiger partial charge in [-0.15, -0.1) is 0 Å². The molecular weight excluding hydrogens is 183 g/mol. The fourth-order valence-electron chi connectivity index (χ4n) is 0.808. The van der Waals surface area contributed by atoms with Crippen molar-refractivity contribution in [1.82, 2.24) is 9.97 Å². The monoisotopic (exact) mass is 187 g/mol. The average molecular weight is 187 g/mol. The van der Waals surface area contributed by atoms with E-state index in [-0.39, 0.29) is 12.1 Å². The summed E-state index contributed by atoms with van der Waals surface area (Å²) >= 11 is 0. The van der Waals surface area contributed by atoms with Crippen LogP contribution in [0.15, 0.2) is 12.5 Å². The van der Waals surface area contributed by atoms with Crippen LogP contribution in [0.25, 0.3) is 0 Å². The molecule has 0 spiro atoms. The first-order valence-corrected chi connectivity index (χ1v) is 3.28. The molecule has 0 amide bonds. The van der Waals surface area contributed by atoms with Crippen molar-refractivity contribution >= 4 is 0 Å². The summed E-state index contributed by atoms with van der Waals surface area (Å²) in [5.74, 6) is 0. The highest BCUT2D eigenvalue weighted by atomic mass is 19.4. The molecule has 68 valence electrons. The molecule has 0 aliphatic carbocycles. The minimum Gasteiger partial charge on any atom is -0.244 e. The lowest BCUT2D eigenvalue weighted by molar-refractivity contribution is -0.138. The number of hydrogen-bond donors (Lipinski definition) is 0. The molecule has 0 aliphatic rings. The van der Waals surface area contributed by atoms with Crippen LogP contribution in [0, 0.1) is 11.3 Å². The maximum Gasteiger partial charge on any atom is 0.419 e. The van der Waals surface area contributed by atoms with Crippen molar-refractivity contribution in [3.05, 3.63) is 23.8 Å². The van der Waals surface area contributed by atoms with Gasteiger partial charge in [0.05, 0.1) is 23.7 Å². The summed E-state index contributed by atoms with van der Waals surface area (Å²) in [6.45, 7) is 0. The molecule has 1 aromatic rings. The molecule has 13 heavy (non-hydrogen) atoms. The van der Waals surface area contributed by atoms with E-state index in [2.05, 4.69) is 9.97 Å². The first kappa shape index (κ1) is 9.45. The third-order valence-electron chi connectivity index (χ3n) is 1.35. The third kappa shape index (κ3) is 2.15. The van der Waals surface area contributed by atoms with Gasteiger partial charge in [-0.2, -0.15) is 18.4 Å². The van der Waals surface area contributed by atoms with Crippen LogP contribution in [0.1, 0.15) is 11.3 Å². The van der Waals surface area contributed by atoms with E-state index in [1.54, 1.807) is 6.07 Å². The molecule has 1 heterocycles. The van der Waals surface area contributed by atoms with Crippen LogP contribution in [0.5, 0.6) is 0 Å². The number of hydrogen-bond acceptors (Lipinski definition) is 3. The predicted molar refractivity (Wildman–Crippen MR) is 36.4 cm³/mol. The molecule has 0 bridgehead atoms. The Labute approximate surface area is 71.9 Å². The molecule has 3 nitrogen and oxygen atoms in total. The molecule has 0 saturated heterocycles. The average Bonchev–Trinajstić information content (AvgIpc) is 2.04. The summed E-state index contributed by atoms with van der Waals surface area (Å²) in [7, 11) is 0. The van der Waals surface area contributed by atoms with Crippen molar-refractivity contribution in [3.8, 4) is 6.07 Å². The molecule has 0 atom stereocenters. The molecule has 6 heteroatoms. The standard InChI is InChI=1S/C7H4F3N3/c8-7(9,10)5-3-12-4-13-6(5)1-2-11/h3-4H,1H2. The van der Waals surface area contributed by atoms with Crippen LogP contribution in [-0.4, -0.2) is 9.97 Å². The molecule has 0 N–H and O–H groups in total. The topological polar surface area (TPSA) is 49.6 Å². The molecule has 0 fully saturated rings. The minimum absolute atomic E-state index is 0.287. The highest BCUT2D eigenvalue weighted by Gasteiger charge is 2.34. The molecule has 0 aromatic carbocycles. The number of aromatic nitrogens is 2. The Bertz CT molecular complexity index is 340. The molecule has 0 saturated carbocycles. The summed E-state index contributed by atoms with van der Waals surface area (Å²) < 4.78 is 36.5. The van der Waals surface area contributed by atoms with E-state index in [1.165, 1.54) is 0 Å². The van der Waals surface area contributed by atoms with E-state index in [1.807, 2.05) is 0 Å². The van der Waals surface area contributed by atoms with Gasteiger partial charge in [0, 0.05) is 6.20 Å². The van der Waals surface area contributed by atoms with Crippen LogP contribution < -0.4 is 0 Å². The lowest BCUT2D eigenvalue weighted by Crippen LogP contribution is -2.11. The van der Waals surface area contributed by atoms with Crippen molar-refractivity contribution in [1.29, 1.82) is 5.26 Å². The van der Waals surface area contributed by atoms with E-state index in [0.29, 0.717) is 6.20 Å². The Kier molecular flexibility index (Phi) is 2.46. The molecule has 0 radical (unpaired) electrons. The quantitative estimate of drug-likeness (QED) is 0.670. The Balaban J connectivity index is 3.14. The van der Waals surface area contributed by atoms with Crippen LogP contribution in [-0.2, 0) is 12.6 Å². The summed E-state index contributed by atoms with van der Waals surface area (Å²) in [6, 6.07) is 1.61.